The van der Waals surface area contributed by atoms with Gasteiger partial charge in [-0.15, -0.1) is 0 Å². The van der Waals surface area contributed by atoms with Gasteiger partial charge in [0.2, 0.25) is 12.7 Å². The molecule has 0 aliphatic carbocycles. The fraction of sp³-hybridized carbons (Fsp3) is 0.308. The molecule has 4 rings (SSSR count). The highest BCUT2D eigenvalue weighted by atomic mass is 32.2. The number of hydrogen-bond acceptors (Lipinski definition) is 8. The number of nitrogens with one attached hydrogen (secondary N) is 1. The van der Waals surface area contributed by atoms with Crippen LogP contribution in [0.15, 0.2) is 47.4 Å². The molecule has 2 aliphatic heterocycles. The fourth-order valence-corrected chi connectivity index (χ4v) is 4.86. The van der Waals surface area contributed by atoms with E-state index in [0.717, 1.165) is 18.4 Å². The third-order valence-corrected chi connectivity index (χ3v) is 6.87. The number of anilines is 1. The maximum absolute atomic E-state index is 12.8. The maximum Gasteiger partial charge on any atom is 0.338 e. The maximum atomic E-state index is 12.8. The van der Waals surface area contributed by atoms with Crippen LogP contribution in [0.25, 0.3) is 6.08 Å². The summed E-state index contributed by atoms with van der Waals surface area (Å²) in [5.41, 5.74) is 1.84. The second-order valence-electron chi connectivity index (χ2n) is 8.16. The van der Waals surface area contributed by atoms with Crippen molar-refractivity contribution in [3.05, 3.63) is 58.5 Å². The minimum Gasteiger partial charge on any atom is -0.462 e. The van der Waals surface area contributed by atoms with E-state index in [-0.39, 0.29) is 31.0 Å². The summed E-state index contributed by atoms with van der Waals surface area (Å²) in [5.74, 6) is 0.585. The molecule has 1 N–H and O–H groups in total. The predicted octanol–water partition coefficient (Wildman–Crippen LogP) is 4.99. The van der Waals surface area contributed by atoms with Crippen molar-refractivity contribution in [2.45, 2.75) is 32.6 Å². The molecular formula is C26H26N2O6S2. The van der Waals surface area contributed by atoms with E-state index in [1.807, 2.05) is 19.1 Å². The zero-order valence-electron chi connectivity index (χ0n) is 19.8. The Balaban J connectivity index is 1.24. The van der Waals surface area contributed by atoms with Crippen LogP contribution in [-0.4, -0.2) is 46.9 Å². The van der Waals surface area contributed by atoms with E-state index in [0.29, 0.717) is 51.5 Å². The van der Waals surface area contributed by atoms with E-state index in [1.165, 1.54) is 16.7 Å². The van der Waals surface area contributed by atoms with E-state index in [4.69, 9.17) is 26.4 Å². The molecule has 0 radical (unpaired) electrons. The van der Waals surface area contributed by atoms with Gasteiger partial charge in [0.05, 0.1) is 17.1 Å². The molecule has 2 heterocycles. The van der Waals surface area contributed by atoms with Gasteiger partial charge >= 0.3 is 5.97 Å². The Morgan fingerprint density at radius 2 is 1.92 bits per heavy atom. The van der Waals surface area contributed by atoms with Crippen molar-refractivity contribution in [3.8, 4) is 11.5 Å². The van der Waals surface area contributed by atoms with Crippen molar-refractivity contribution >= 4 is 57.8 Å². The molecule has 2 amide bonds. The van der Waals surface area contributed by atoms with Gasteiger partial charge < -0.3 is 19.5 Å². The van der Waals surface area contributed by atoms with Crippen LogP contribution in [-0.2, 0) is 14.3 Å². The third kappa shape index (κ3) is 6.44. The first-order valence-corrected chi connectivity index (χ1v) is 12.9. The van der Waals surface area contributed by atoms with E-state index < -0.39 is 0 Å². The van der Waals surface area contributed by atoms with Gasteiger partial charge in [0.15, 0.2) is 11.5 Å². The molecule has 1 saturated heterocycles. The minimum absolute atomic E-state index is 0.176. The van der Waals surface area contributed by atoms with E-state index >= 15 is 0 Å². The summed E-state index contributed by atoms with van der Waals surface area (Å²) in [6, 6.07) is 12.1. The molecule has 10 heteroatoms. The first-order chi connectivity index (χ1) is 17.4. The zero-order chi connectivity index (χ0) is 25.5. The topological polar surface area (TPSA) is 94.2 Å². The highest BCUT2D eigenvalue weighted by molar-refractivity contribution is 8.26. The van der Waals surface area contributed by atoms with Gasteiger partial charge in [0.25, 0.3) is 5.91 Å². The van der Waals surface area contributed by atoms with E-state index in [1.54, 1.807) is 36.4 Å². The Bertz CT molecular complexity index is 1200. The Kier molecular flexibility index (Phi) is 8.61. The molecule has 0 unspecified atom stereocenters. The number of hydrogen-bond donors (Lipinski definition) is 1. The average molecular weight is 527 g/mol. The number of amides is 2. The molecule has 2 aliphatic rings. The number of carbonyl (C=O) groups excluding carboxylic acids is 3. The van der Waals surface area contributed by atoms with Gasteiger partial charge in [-0.1, -0.05) is 43.4 Å². The number of nitrogens with zero attached hydrogens (tertiary/aromatic N) is 1. The molecule has 36 heavy (non-hydrogen) atoms. The van der Waals surface area contributed by atoms with Crippen molar-refractivity contribution < 1.29 is 28.6 Å². The SMILES string of the molecule is CCCCOC(=O)c1ccc(NC(=O)CCCN2C(=O)/C(=C/c3ccc4c(c3)OCO4)SC2=S)cc1. The van der Waals surface area contributed by atoms with Crippen LogP contribution in [0, 0.1) is 0 Å². The molecule has 0 saturated carbocycles. The molecule has 188 valence electrons. The van der Waals surface area contributed by atoms with Crippen molar-refractivity contribution in [1.29, 1.82) is 0 Å². The first kappa shape index (κ1) is 25.7. The normalized spacial score (nSPS) is 15.5. The van der Waals surface area contributed by atoms with Gasteiger partial charge in [0, 0.05) is 18.7 Å². The Morgan fingerprint density at radius 1 is 1.14 bits per heavy atom. The number of carbonyl (C=O) groups is 3. The Labute approximate surface area is 219 Å². The van der Waals surface area contributed by atoms with Gasteiger partial charge in [-0.25, -0.2) is 4.79 Å². The lowest BCUT2D eigenvalue weighted by molar-refractivity contribution is -0.122. The minimum atomic E-state index is -0.377. The summed E-state index contributed by atoms with van der Waals surface area (Å²) in [4.78, 5) is 39.2. The number of ether oxygens (including phenoxy) is 3. The van der Waals surface area contributed by atoms with Gasteiger partial charge in [-0.3, -0.25) is 14.5 Å². The summed E-state index contributed by atoms with van der Waals surface area (Å²) < 4.78 is 16.4. The molecule has 0 aromatic heterocycles. The molecule has 0 bridgehead atoms. The summed E-state index contributed by atoms with van der Waals surface area (Å²) >= 11 is 6.62. The lowest BCUT2D eigenvalue weighted by Crippen LogP contribution is -2.29. The lowest BCUT2D eigenvalue weighted by atomic mass is 10.2. The molecule has 8 nitrogen and oxygen atoms in total. The highest BCUT2D eigenvalue weighted by Gasteiger charge is 2.31. The smallest absolute Gasteiger partial charge is 0.338 e. The van der Waals surface area contributed by atoms with Crippen LogP contribution in [0.5, 0.6) is 11.5 Å². The highest BCUT2D eigenvalue weighted by Crippen LogP contribution is 2.36. The summed E-state index contributed by atoms with van der Waals surface area (Å²) in [6.07, 6.45) is 4.23. The Hall–Kier alpha value is -3.37. The van der Waals surface area contributed by atoms with Crippen molar-refractivity contribution in [3.63, 3.8) is 0 Å². The van der Waals surface area contributed by atoms with E-state index in [2.05, 4.69) is 5.32 Å². The molecule has 0 spiro atoms. The standard InChI is InChI=1S/C26H26N2O6S2/c1-2-3-13-32-25(31)18-7-9-19(10-8-18)27-23(29)5-4-12-28-24(30)22(36-26(28)35)15-17-6-11-20-21(14-17)34-16-33-20/h6-11,14-15H,2-5,12-13,16H2,1H3,(H,27,29)/b22-15-. The van der Waals surface area contributed by atoms with E-state index in [9.17, 15) is 14.4 Å². The second kappa shape index (κ2) is 12.0. The molecular weight excluding hydrogens is 500 g/mol. The number of unbranched alkanes of at least 4 members (excludes halogenated alkanes) is 1. The quantitative estimate of drug-likeness (QED) is 0.200. The van der Waals surface area contributed by atoms with Crippen LogP contribution in [0.4, 0.5) is 5.69 Å². The fourth-order valence-electron chi connectivity index (χ4n) is 3.55. The third-order valence-electron chi connectivity index (χ3n) is 5.49. The van der Waals surface area contributed by atoms with Gasteiger partial charge in [0.1, 0.15) is 4.32 Å². The number of rotatable bonds is 10. The number of thioether (sulfide) groups is 1. The van der Waals surface area contributed by atoms with Gasteiger partial charge in [-0.2, -0.15) is 0 Å². The van der Waals surface area contributed by atoms with Crippen LogP contribution < -0.4 is 14.8 Å². The molecule has 0 atom stereocenters. The average Bonchev–Trinajstić information content (AvgIpc) is 3.44. The number of benzene rings is 2. The molecule has 2 aromatic carbocycles. The zero-order valence-corrected chi connectivity index (χ0v) is 21.4. The monoisotopic (exact) mass is 526 g/mol. The second-order valence-corrected chi connectivity index (χ2v) is 9.84. The lowest BCUT2D eigenvalue weighted by Gasteiger charge is -2.14. The largest absolute Gasteiger partial charge is 0.462 e. The van der Waals surface area contributed by atoms with Crippen molar-refractivity contribution in [2.24, 2.45) is 0 Å². The van der Waals surface area contributed by atoms with Crippen molar-refractivity contribution in [2.75, 3.05) is 25.3 Å². The van der Waals surface area contributed by atoms with Crippen LogP contribution in [0.2, 0.25) is 0 Å². The molecule has 1 fully saturated rings. The summed E-state index contributed by atoms with van der Waals surface area (Å²) in [6.45, 7) is 2.95. The Morgan fingerprint density at radius 3 is 2.69 bits per heavy atom. The predicted molar refractivity (Wildman–Crippen MR) is 142 cm³/mol. The first-order valence-electron chi connectivity index (χ1n) is 11.7. The summed E-state index contributed by atoms with van der Waals surface area (Å²) in [7, 11) is 0. The molecule has 2 aromatic rings. The number of thiocarbonyl (C=S) groups is 1. The van der Waals surface area contributed by atoms with Crippen LogP contribution in [0.3, 0.4) is 0 Å². The van der Waals surface area contributed by atoms with Gasteiger partial charge in [-0.05, 0) is 60.9 Å². The summed E-state index contributed by atoms with van der Waals surface area (Å²) in [5, 5.41) is 2.80. The van der Waals surface area contributed by atoms with Crippen LogP contribution in [0.1, 0.15) is 48.5 Å². The van der Waals surface area contributed by atoms with Crippen LogP contribution >= 0.6 is 24.0 Å². The van der Waals surface area contributed by atoms with Crippen molar-refractivity contribution in [1.82, 2.24) is 4.90 Å². The number of esters is 1. The number of fused-ring (bicyclic) bond motifs is 1.